The molecule has 3 rings (SSSR count). The van der Waals surface area contributed by atoms with Crippen LogP contribution in [0.5, 0.6) is 5.75 Å². The van der Waals surface area contributed by atoms with E-state index in [1.165, 1.54) is 38.9 Å². The van der Waals surface area contributed by atoms with E-state index in [2.05, 4.69) is 84.0 Å². The zero-order chi connectivity index (χ0) is 21.1. The first-order valence-corrected chi connectivity index (χ1v) is 10.7. The van der Waals surface area contributed by atoms with Crippen molar-refractivity contribution in [3.8, 4) is 5.75 Å². The minimum Gasteiger partial charge on any atom is -0.508 e. The zero-order valence-corrected chi connectivity index (χ0v) is 18.7. The maximum Gasteiger partial charge on any atom is 0.119 e. The van der Waals surface area contributed by atoms with Crippen molar-refractivity contribution in [1.82, 2.24) is 0 Å². The van der Waals surface area contributed by atoms with Gasteiger partial charge in [-0.05, 0) is 103 Å². The molecule has 0 aliphatic rings. The van der Waals surface area contributed by atoms with E-state index in [4.69, 9.17) is 0 Å². The Balaban J connectivity index is 1.89. The first-order valence-electron chi connectivity index (χ1n) is 10.7. The minimum atomic E-state index is 0.359. The van der Waals surface area contributed by atoms with Crippen LogP contribution in [0.1, 0.15) is 70.2 Å². The topological polar surface area (TPSA) is 20.2 Å². The van der Waals surface area contributed by atoms with Gasteiger partial charge in [-0.25, -0.2) is 0 Å². The Labute approximate surface area is 176 Å². The Bertz CT molecular complexity index is 999. The second-order valence-electron chi connectivity index (χ2n) is 8.70. The van der Waals surface area contributed by atoms with Gasteiger partial charge in [-0.2, -0.15) is 0 Å². The van der Waals surface area contributed by atoms with Crippen LogP contribution in [0.3, 0.4) is 0 Å². The summed E-state index contributed by atoms with van der Waals surface area (Å²) >= 11 is 0. The van der Waals surface area contributed by atoms with E-state index >= 15 is 0 Å². The molecule has 2 atom stereocenters. The van der Waals surface area contributed by atoms with Crippen molar-refractivity contribution in [2.75, 3.05) is 0 Å². The molecular weight excluding hydrogens is 352 g/mol. The standard InChI is InChI=1S/C28H34O/c1-18-10-7-13-25(22(18)5)20(3)16-24-12-9-15-28(29)27(24)17-21(4)26-14-8-11-19(2)23(26)6/h7-15,20-21,29H,16-17H2,1-6H3. The minimum absolute atomic E-state index is 0.359. The maximum absolute atomic E-state index is 10.7. The molecule has 3 aromatic carbocycles. The van der Waals surface area contributed by atoms with Gasteiger partial charge in [-0.1, -0.05) is 62.4 Å². The van der Waals surface area contributed by atoms with E-state index in [0.717, 1.165) is 18.4 Å². The molecule has 29 heavy (non-hydrogen) atoms. The van der Waals surface area contributed by atoms with Gasteiger partial charge in [0.1, 0.15) is 5.75 Å². The smallest absolute Gasteiger partial charge is 0.119 e. The van der Waals surface area contributed by atoms with Crippen LogP contribution in [0.15, 0.2) is 54.6 Å². The van der Waals surface area contributed by atoms with Gasteiger partial charge in [0.05, 0.1) is 0 Å². The molecule has 0 fully saturated rings. The molecule has 1 nitrogen and oxygen atoms in total. The van der Waals surface area contributed by atoms with E-state index in [-0.39, 0.29) is 0 Å². The third-order valence-electron chi connectivity index (χ3n) is 6.64. The van der Waals surface area contributed by atoms with Gasteiger partial charge in [-0.15, -0.1) is 0 Å². The van der Waals surface area contributed by atoms with Gasteiger partial charge in [0.25, 0.3) is 0 Å². The van der Waals surface area contributed by atoms with Crippen LogP contribution in [-0.2, 0) is 12.8 Å². The number of phenols is 1. The third-order valence-corrected chi connectivity index (χ3v) is 6.64. The number of benzene rings is 3. The highest BCUT2D eigenvalue weighted by Gasteiger charge is 2.18. The molecule has 0 aromatic heterocycles. The van der Waals surface area contributed by atoms with Crippen LogP contribution < -0.4 is 0 Å². The average Bonchev–Trinajstić information content (AvgIpc) is 2.68. The van der Waals surface area contributed by atoms with Gasteiger partial charge >= 0.3 is 0 Å². The average molecular weight is 387 g/mol. The lowest BCUT2D eigenvalue weighted by Crippen LogP contribution is -2.08. The lowest BCUT2D eigenvalue weighted by Gasteiger charge is -2.22. The molecule has 1 heteroatoms. The number of hydrogen-bond donors (Lipinski definition) is 1. The molecule has 2 unspecified atom stereocenters. The summed E-state index contributed by atoms with van der Waals surface area (Å²) in [5.41, 5.74) is 10.5. The first-order chi connectivity index (χ1) is 13.8. The predicted octanol–water partition coefficient (Wildman–Crippen LogP) is 7.32. The van der Waals surface area contributed by atoms with Crippen molar-refractivity contribution in [3.63, 3.8) is 0 Å². The Morgan fingerprint density at radius 2 is 1.14 bits per heavy atom. The number of aromatic hydroxyl groups is 1. The van der Waals surface area contributed by atoms with Crippen molar-refractivity contribution in [1.29, 1.82) is 0 Å². The number of hydrogen-bond acceptors (Lipinski definition) is 1. The summed E-state index contributed by atoms with van der Waals surface area (Å²) in [5.74, 6) is 1.19. The molecule has 0 aliphatic heterocycles. The highest BCUT2D eigenvalue weighted by atomic mass is 16.3. The Kier molecular flexibility index (Phi) is 6.47. The fourth-order valence-corrected chi connectivity index (χ4v) is 4.52. The van der Waals surface area contributed by atoms with Gasteiger partial charge in [-0.3, -0.25) is 0 Å². The largest absolute Gasteiger partial charge is 0.508 e. The fourth-order valence-electron chi connectivity index (χ4n) is 4.52. The first kappa shape index (κ1) is 21.2. The van der Waals surface area contributed by atoms with Gasteiger partial charge in [0, 0.05) is 0 Å². The SMILES string of the molecule is Cc1cccc(C(C)Cc2cccc(O)c2CC(C)c2cccc(C)c2C)c1C. The van der Waals surface area contributed by atoms with E-state index in [1.807, 2.05) is 12.1 Å². The molecule has 0 bridgehead atoms. The van der Waals surface area contributed by atoms with Crippen LogP contribution >= 0.6 is 0 Å². The van der Waals surface area contributed by atoms with E-state index in [9.17, 15) is 5.11 Å². The van der Waals surface area contributed by atoms with Crippen molar-refractivity contribution in [3.05, 3.63) is 99.1 Å². The molecule has 0 saturated carbocycles. The highest BCUT2D eigenvalue weighted by Crippen LogP contribution is 2.33. The second-order valence-corrected chi connectivity index (χ2v) is 8.70. The zero-order valence-electron chi connectivity index (χ0n) is 18.7. The van der Waals surface area contributed by atoms with Gasteiger partial charge < -0.3 is 5.11 Å². The second kappa shape index (κ2) is 8.86. The summed E-state index contributed by atoms with van der Waals surface area (Å²) < 4.78 is 0. The summed E-state index contributed by atoms with van der Waals surface area (Å²) in [6, 6.07) is 19.1. The van der Waals surface area contributed by atoms with Gasteiger partial charge in [0.15, 0.2) is 0 Å². The predicted molar refractivity (Wildman–Crippen MR) is 124 cm³/mol. The summed E-state index contributed by atoms with van der Waals surface area (Å²) in [5, 5.41) is 10.7. The lowest BCUT2D eigenvalue weighted by atomic mass is 9.84. The Morgan fingerprint density at radius 1 is 0.655 bits per heavy atom. The molecule has 3 aromatic rings. The van der Waals surface area contributed by atoms with Gasteiger partial charge in [0.2, 0.25) is 0 Å². The molecule has 152 valence electrons. The normalized spacial score (nSPS) is 13.3. The van der Waals surface area contributed by atoms with Crippen molar-refractivity contribution in [2.24, 2.45) is 0 Å². The van der Waals surface area contributed by atoms with E-state index in [0.29, 0.717) is 17.6 Å². The summed E-state index contributed by atoms with van der Waals surface area (Å²) in [4.78, 5) is 0. The van der Waals surface area contributed by atoms with Crippen molar-refractivity contribution >= 4 is 0 Å². The third kappa shape index (κ3) is 4.56. The molecule has 0 spiro atoms. The molecule has 0 heterocycles. The number of aryl methyl sites for hydroxylation is 2. The monoisotopic (exact) mass is 386 g/mol. The van der Waals surface area contributed by atoms with E-state index in [1.54, 1.807) is 0 Å². The molecule has 0 saturated heterocycles. The Hall–Kier alpha value is -2.54. The quantitative estimate of drug-likeness (QED) is 0.470. The Morgan fingerprint density at radius 3 is 1.69 bits per heavy atom. The molecule has 0 amide bonds. The van der Waals surface area contributed by atoms with Crippen LogP contribution in [0, 0.1) is 27.7 Å². The number of rotatable bonds is 6. The summed E-state index contributed by atoms with van der Waals surface area (Å²) in [7, 11) is 0. The molecule has 0 aliphatic carbocycles. The molecule has 0 radical (unpaired) electrons. The maximum atomic E-state index is 10.7. The van der Waals surface area contributed by atoms with Crippen molar-refractivity contribution in [2.45, 2.75) is 66.2 Å². The van der Waals surface area contributed by atoms with Crippen LogP contribution in [0.4, 0.5) is 0 Å². The van der Waals surface area contributed by atoms with Crippen LogP contribution in [0.2, 0.25) is 0 Å². The van der Waals surface area contributed by atoms with Crippen molar-refractivity contribution < 1.29 is 5.11 Å². The summed E-state index contributed by atoms with van der Waals surface area (Å²) in [6.45, 7) is 13.3. The van der Waals surface area contributed by atoms with E-state index < -0.39 is 0 Å². The summed E-state index contributed by atoms with van der Waals surface area (Å²) in [6.07, 6.45) is 1.79. The fraction of sp³-hybridized carbons (Fsp3) is 0.357. The molecule has 1 N–H and O–H groups in total. The lowest BCUT2D eigenvalue weighted by molar-refractivity contribution is 0.464. The van der Waals surface area contributed by atoms with Crippen LogP contribution in [0.25, 0.3) is 0 Å². The number of phenolic OH excluding ortho intramolecular Hbond substituents is 1. The highest BCUT2D eigenvalue weighted by molar-refractivity contribution is 5.44. The molecular formula is C28H34O. The van der Waals surface area contributed by atoms with Crippen LogP contribution in [-0.4, -0.2) is 5.11 Å².